The Bertz CT molecular complexity index is 976. The van der Waals surface area contributed by atoms with E-state index in [2.05, 4.69) is 5.32 Å². The van der Waals surface area contributed by atoms with Gasteiger partial charge in [-0.1, -0.05) is 6.92 Å². The van der Waals surface area contributed by atoms with Crippen LogP contribution in [0.25, 0.3) is 0 Å². The molecule has 0 radical (unpaired) electrons. The highest BCUT2D eigenvalue weighted by Crippen LogP contribution is 2.30. The minimum Gasteiger partial charge on any atom is -0.504 e. The normalized spacial score (nSPS) is 20.6. The number of rotatable bonds is 4. The molecule has 1 fully saturated rings. The van der Waals surface area contributed by atoms with E-state index in [0.717, 1.165) is 11.8 Å². The number of aromatic hydroxyl groups is 2. The van der Waals surface area contributed by atoms with E-state index < -0.39 is 21.7 Å². The first-order valence-corrected chi connectivity index (χ1v) is 11.3. The monoisotopic (exact) mass is 422 g/mol. The molecule has 2 atom stereocenters. The number of carbonyl (C=O) groups excluding carboxylic acids is 1. The van der Waals surface area contributed by atoms with Gasteiger partial charge in [0.05, 0.1) is 4.90 Å². The van der Waals surface area contributed by atoms with E-state index >= 15 is 0 Å². The summed E-state index contributed by atoms with van der Waals surface area (Å²) in [6.07, 6.45) is 0. The number of nitrogens with zero attached hydrogens (tertiary/aromatic N) is 1. The van der Waals surface area contributed by atoms with Crippen LogP contribution in [0, 0.1) is 0 Å². The van der Waals surface area contributed by atoms with Crippen molar-refractivity contribution in [1.82, 2.24) is 4.31 Å². The summed E-state index contributed by atoms with van der Waals surface area (Å²) in [6, 6.07) is 9.65. The Morgan fingerprint density at radius 2 is 1.79 bits per heavy atom. The summed E-state index contributed by atoms with van der Waals surface area (Å²) in [5.74, 6) is -0.428. The Kier molecular flexibility index (Phi) is 5.87. The second-order valence-electron chi connectivity index (χ2n) is 6.61. The van der Waals surface area contributed by atoms with Crippen molar-refractivity contribution in [2.45, 2.75) is 30.0 Å². The Hall–Kier alpha value is -2.23. The van der Waals surface area contributed by atoms with Crippen molar-refractivity contribution in [2.75, 3.05) is 17.6 Å². The quantitative estimate of drug-likeness (QED) is 0.654. The SMILES string of the molecule is CC1SCCN(S(=O)(=O)c2ccc(NC(=O)c3ccc(O)c(O)c3)cc2)C1C. The van der Waals surface area contributed by atoms with Crippen molar-refractivity contribution in [3.8, 4) is 11.5 Å². The lowest BCUT2D eigenvalue weighted by atomic mass is 10.2. The summed E-state index contributed by atoms with van der Waals surface area (Å²) >= 11 is 1.76. The summed E-state index contributed by atoms with van der Waals surface area (Å²) in [4.78, 5) is 12.4. The molecule has 0 saturated carbocycles. The van der Waals surface area contributed by atoms with E-state index in [9.17, 15) is 23.4 Å². The predicted molar refractivity (Wildman–Crippen MR) is 109 cm³/mol. The smallest absolute Gasteiger partial charge is 0.255 e. The molecule has 150 valence electrons. The number of phenols is 2. The number of benzene rings is 2. The van der Waals surface area contributed by atoms with Gasteiger partial charge in [0.15, 0.2) is 11.5 Å². The van der Waals surface area contributed by atoms with Crippen molar-refractivity contribution in [3.05, 3.63) is 48.0 Å². The molecule has 3 N–H and O–H groups in total. The lowest BCUT2D eigenvalue weighted by Gasteiger charge is -2.36. The third-order valence-corrected chi connectivity index (χ3v) is 8.12. The Labute approximate surface area is 168 Å². The maximum Gasteiger partial charge on any atom is 0.255 e. The summed E-state index contributed by atoms with van der Waals surface area (Å²) in [7, 11) is -3.61. The molecule has 2 unspecified atom stereocenters. The topological polar surface area (TPSA) is 107 Å². The fraction of sp³-hybridized carbons (Fsp3) is 0.316. The number of sulfonamides is 1. The molecule has 1 aliphatic rings. The first-order valence-electron chi connectivity index (χ1n) is 8.77. The number of nitrogens with one attached hydrogen (secondary N) is 1. The van der Waals surface area contributed by atoms with E-state index in [0.29, 0.717) is 12.2 Å². The van der Waals surface area contributed by atoms with Gasteiger partial charge in [0.25, 0.3) is 5.91 Å². The van der Waals surface area contributed by atoms with Crippen LogP contribution in [0.3, 0.4) is 0 Å². The largest absolute Gasteiger partial charge is 0.504 e. The minimum absolute atomic E-state index is 0.0923. The molecule has 0 spiro atoms. The van der Waals surface area contributed by atoms with Gasteiger partial charge >= 0.3 is 0 Å². The van der Waals surface area contributed by atoms with E-state index in [-0.39, 0.29) is 27.5 Å². The van der Waals surface area contributed by atoms with E-state index in [1.165, 1.54) is 40.7 Å². The molecule has 0 aromatic heterocycles. The summed E-state index contributed by atoms with van der Waals surface area (Å²) in [6.45, 7) is 4.41. The first kappa shape index (κ1) is 20.5. The highest BCUT2D eigenvalue weighted by Gasteiger charge is 2.34. The van der Waals surface area contributed by atoms with Gasteiger partial charge in [-0.3, -0.25) is 4.79 Å². The molecule has 2 aromatic rings. The number of phenolic OH excluding ortho intramolecular Hbond substituents is 2. The molecule has 7 nitrogen and oxygen atoms in total. The van der Waals surface area contributed by atoms with Crippen LogP contribution in [-0.2, 0) is 10.0 Å². The van der Waals surface area contributed by atoms with Gasteiger partial charge in [0.2, 0.25) is 10.0 Å². The van der Waals surface area contributed by atoms with Crippen LogP contribution in [-0.4, -0.2) is 52.4 Å². The van der Waals surface area contributed by atoms with Crippen LogP contribution in [0.15, 0.2) is 47.4 Å². The Morgan fingerprint density at radius 1 is 1.11 bits per heavy atom. The van der Waals surface area contributed by atoms with E-state index in [1.54, 1.807) is 11.8 Å². The van der Waals surface area contributed by atoms with Crippen molar-refractivity contribution in [2.24, 2.45) is 0 Å². The zero-order valence-corrected chi connectivity index (χ0v) is 17.1. The summed E-state index contributed by atoms with van der Waals surface area (Å²) < 4.78 is 27.4. The van der Waals surface area contributed by atoms with Crippen LogP contribution in [0.2, 0.25) is 0 Å². The van der Waals surface area contributed by atoms with Crippen LogP contribution < -0.4 is 5.32 Å². The van der Waals surface area contributed by atoms with E-state index in [1.807, 2.05) is 13.8 Å². The number of hydrogen-bond donors (Lipinski definition) is 3. The Morgan fingerprint density at radius 3 is 2.43 bits per heavy atom. The summed E-state index contributed by atoms with van der Waals surface area (Å²) in [5, 5.41) is 21.7. The average molecular weight is 423 g/mol. The van der Waals surface area contributed by atoms with Gasteiger partial charge in [-0.05, 0) is 49.4 Å². The third kappa shape index (κ3) is 4.11. The van der Waals surface area contributed by atoms with Gasteiger partial charge in [-0.25, -0.2) is 8.42 Å². The van der Waals surface area contributed by atoms with Gasteiger partial charge in [-0.15, -0.1) is 0 Å². The molecule has 9 heteroatoms. The zero-order chi connectivity index (χ0) is 20.5. The number of carbonyl (C=O) groups is 1. The molecule has 0 bridgehead atoms. The lowest BCUT2D eigenvalue weighted by Crippen LogP contribution is -2.47. The van der Waals surface area contributed by atoms with Crippen LogP contribution >= 0.6 is 11.8 Å². The first-order chi connectivity index (χ1) is 13.2. The lowest BCUT2D eigenvalue weighted by molar-refractivity contribution is 0.102. The highest BCUT2D eigenvalue weighted by atomic mass is 32.2. The summed E-state index contributed by atoms with van der Waals surface area (Å²) in [5.41, 5.74) is 0.591. The number of hydrogen-bond acceptors (Lipinski definition) is 6. The molecule has 2 aromatic carbocycles. The van der Waals surface area contributed by atoms with Crippen LogP contribution in [0.4, 0.5) is 5.69 Å². The van der Waals surface area contributed by atoms with Crippen molar-refractivity contribution in [3.63, 3.8) is 0 Å². The molecule has 28 heavy (non-hydrogen) atoms. The van der Waals surface area contributed by atoms with Gasteiger partial charge in [0, 0.05) is 34.8 Å². The number of amides is 1. The molecule has 0 aliphatic carbocycles. The standard InChI is InChI=1S/C19H22N2O5S2/c1-12-13(2)27-10-9-21(12)28(25,26)16-6-4-15(5-7-16)20-19(24)14-3-8-17(22)18(23)11-14/h3-8,11-13,22-23H,9-10H2,1-2H3,(H,20,24). The van der Waals surface area contributed by atoms with Gasteiger partial charge in [0.1, 0.15) is 0 Å². The van der Waals surface area contributed by atoms with Crippen molar-refractivity contribution >= 4 is 33.4 Å². The van der Waals surface area contributed by atoms with Crippen molar-refractivity contribution in [1.29, 1.82) is 0 Å². The van der Waals surface area contributed by atoms with Gasteiger partial charge in [-0.2, -0.15) is 16.1 Å². The molecule has 1 saturated heterocycles. The predicted octanol–water partition coefficient (Wildman–Crippen LogP) is 2.86. The Balaban J connectivity index is 1.75. The molecule has 1 amide bonds. The minimum atomic E-state index is -3.61. The number of thioether (sulfide) groups is 1. The highest BCUT2D eigenvalue weighted by molar-refractivity contribution is 8.00. The third-order valence-electron chi connectivity index (χ3n) is 4.78. The fourth-order valence-electron chi connectivity index (χ4n) is 2.96. The second-order valence-corrected chi connectivity index (χ2v) is 9.99. The van der Waals surface area contributed by atoms with Crippen LogP contribution in [0.1, 0.15) is 24.2 Å². The molecule has 1 heterocycles. The zero-order valence-electron chi connectivity index (χ0n) is 15.5. The average Bonchev–Trinajstić information content (AvgIpc) is 2.66. The second kappa shape index (κ2) is 8.02. The fourth-order valence-corrected chi connectivity index (χ4v) is 5.95. The molecular weight excluding hydrogens is 400 g/mol. The molecular formula is C19H22N2O5S2. The van der Waals surface area contributed by atoms with Crippen molar-refractivity contribution < 1.29 is 23.4 Å². The van der Waals surface area contributed by atoms with Gasteiger partial charge < -0.3 is 15.5 Å². The van der Waals surface area contributed by atoms with E-state index in [4.69, 9.17) is 0 Å². The van der Waals surface area contributed by atoms with Crippen LogP contribution in [0.5, 0.6) is 11.5 Å². The molecule has 1 aliphatic heterocycles. The number of anilines is 1. The maximum absolute atomic E-state index is 12.9. The maximum atomic E-state index is 12.9. The molecule has 3 rings (SSSR count).